The van der Waals surface area contributed by atoms with Gasteiger partial charge >= 0.3 is 5.97 Å². The molecule has 0 saturated carbocycles. The van der Waals surface area contributed by atoms with Crippen LogP contribution in [0.2, 0.25) is 0 Å². The summed E-state index contributed by atoms with van der Waals surface area (Å²) >= 11 is 0. The van der Waals surface area contributed by atoms with Gasteiger partial charge in [0.25, 0.3) is 0 Å². The Labute approximate surface area is 113 Å². The number of piperidine rings is 1. The van der Waals surface area contributed by atoms with E-state index in [0.717, 1.165) is 25.3 Å². The third-order valence-electron chi connectivity index (χ3n) is 3.77. The number of hydrogen-bond acceptors (Lipinski definition) is 4. The van der Waals surface area contributed by atoms with Crippen molar-refractivity contribution in [3.63, 3.8) is 0 Å². The Morgan fingerprint density at radius 1 is 1.53 bits per heavy atom. The van der Waals surface area contributed by atoms with Gasteiger partial charge in [-0.3, -0.25) is 0 Å². The van der Waals surface area contributed by atoms with Crippen molar-refractivity contribution in [2.24, 2.45) is 5.92 Å². The molecule has 1 saturated heterocycles. The molecule has 1 aliphatic heterocycles. The van der Waals surface area contributed by atoms with Crippen LogP contribution >= 0.6 is 0 Å². The molecule has 104 valence electrons. The Morgan fingerprint density at radius 2 is 2.21 bits per heavy atom. The summed E-state index contributed by atoms with van der Waals surface area (Å²) in [6.45, 7) is 3.27. The average molecular weight is 263 g/mol. The van der Waals surface area contributed by atoms with Gasteiger partial charge in [-0.05, 0) is 51.0 Å². The first-order valence-electron chi connectivity index (χ1n) is 6.65. The number of anilines is 1. The van der Waals surface area contributed by atoms with E-state index in [1.54, 1.807) is 12.3 Å². The SMILES string of the molecule is CN1CCC(CN(C)c2ccnc(C(=O)O)c2)CC1. The molecule has 2 heterocycles. The molecule has 1 aliphatic rings. The van der Waals surface area contributed by atoms with Crippen LogP contribution in [0.25, 0.3) is 0 Å². The summed E-state index contributed by atoms with van der Waals surface area (Å²) in [5.41, 5.74) is 1.03. The number of carbonyl (C=O) groups is 1. The van der Waals surface area contributed by atoms with Gasteiger partial charge in [0.2, 0.25) is 0 Å². The molecule has 5 heteroatoms. The van der Waals surface area contributed by atoms with Crippen LogP contribution in [0.15, 0.2) is 18.3 Å². The Balaban J connectivity index is 1.97. The highest BCUT2D eigenvalue weighted by atomic mass is 16.4. The minimum absolute atomic E-state index is 0.104. The molecule has 0 bridgehead atoms. The third kappa shape index (κ3) is 3.67. The Hall–Kier alpha value is -1.62. The lowest BCUT2D eigenvalue weighted by Gasteiger charge is -2.32. The molecule has 0 aliphatic carbocycles. The molecule has 0 radical (unpaired) electrons. The monoisotopic (exact) mass is 263 g/mol. The lowest BCUT2D eigenvalue weighted by molar-refractivity contribution is 0.0690. The molecule has 1 fully saturated rings. The Kier molecular flexibility index (Phi) is 4.37. The van der Waals surface area contributed by atoms with Gasteiger partial charge in [0, 0.05) is 25.5 Å². The summed E-state index contributed by atoms with van der Waals surface area (Å²) in [6, 6.07) is 3.50. The predicted octanol–water partition coefficient (Wildman–Crippen LogP) is 1.56. The van der Waals surface area contributed by atoms with E-state index in [4.69, 9.17) is 5.11 Å². The third-order valence-corrected chi connectivity index (χ3v) is 3.77. The Bertz CT molecular complexity index is 442. The largest absolute Gasteiger partial charge is 0.477 e. The lowest BCUT2D eigenvalue weighted by atomic mass is 9.96. The van der Waals surface area contributed by atoms with Crippen LogP contribution in [0.5, 0.6) is 0 Å². The fraction of sp³-hybridized carbons (Fsp3) is 0.571. The predicted molar refractivity (Wildman–Crippen MR) is 74.7 cm³/mol. The quantitative estimate of drug-likeness (QED) is 0.893. The first-order chi connectivity index (χ1) is 9.06. The molecule has 1 aromatic heterocycles. The molecule has 0 spiro atoms. The van der Waals surface area contributed by atoms with Crippen LogP contribution in [0.3, 0.4) is 0 Å². The molecule has 0 atom stereocenters. The second-order valence-electron chi connectivity index (χ2n) is 5.33. The van der Waals surface area contributed by atoms with Crippen molar-refractivity contribution < 1.29 is 9.90 Å². The number of carboxylic acid groups (broad SMARTS) is 1. The minimum atomic E-state index is -0.977. The van der Waals surface area contributed by atoms with Crippen molar-refractivity contribution >= 4 is 11.7 Å². The van der Waals surface area contributed by atoms with E-state index in [0.29, 0.717) is 5.92 Å². The van der Waals surface area contributed by atoms with Gasteiger partial charge in [-0.1, -0.05) is 0 Å². The second-order valence-corrected chi connectivity index (χ2v) is 5.33. The molecule has 5 nitrogen and oxygen atoms in total. The van der Waals surface area contributed by atoms with Crippen molar-refractivity contribution in [2.75, 3.05) is 38.6 Å². The molecule has 1 N–H and O–H groups in total. The van der Waals surface area contributed by atoms with Crippen molar-refractivity contribution in [1.82, 2.24) is 9.88 Å². The van der Waals surface area contributed by atoms with Gasteiger partial charge in [-0.15, -0.1) is 0 Å². The lowest BCUT2D eigenvalue weighted by Crippen LogP contribution is -2.35. The van der Waals surface area contributed by atoms with Crippen LogP contribution in [0.1, 0.15) is 23.3 Å². The van der Waals surface area contributed by atoms with Gasteiger partial charge in [-0.25, -0.2) is 9.78 Å². The highest BCUT2D eigenvalue weighted by molar-refractivity contribution is 5.86. The van der Waals surface area contributed by atoms with Crippen LogP contribution in [0, 0.1) is 5.92 Å². The van der Waals surface area contributed by atoms with Crippen molar-refractivity contribution in [1.29, 1.82) is 0 Å². The van der Waals surface area contributed by atoms with E-state index < -0.39 is 5.97 Å². The summed E-state index contributed by atoms with van der Waals surface area (Å²) < 4.78 is 0. The number of nitrogens with zero attached hydrogens (tertiary/aromatic N) is 3. The van der Waals surface area contributed by atoms with Gasteiger partial charge in [0.05, 0.1) is 0 Å². The summed E-state index contributed by atoms with van der Waals surface area (Å²) in [7, 11) is 4.17. The summed E-state index contributed by atoms with van der Waals surface area (Å²) in [5, 5.41) is 8.96. The van der Waals surface area contributed by atoms with E-state index in [2.05, 4.69) is 21.8 Å². The van der Waals surface area contributed by atoms with Gasteiger partial charge in [-0.2, -0.15) is 0 Å². The molecular weight excluding hydrogens is 242 g/mol. The highest BCUT2D eigenvalue weighted by Crippen LogP contribution is 2.20. The van der Waals surface area contributed by atoms with Crippen LogP contribution < -0.4 is 4.90 Å². The topological polar surface area (TPSA) is 56.7 Å². The fourth-order valence-corrected chi connectivity index (χ4v) is 2.51. The van der Waals surface area contributed by atoms with E-state index >= 15 is 0 Å². The number of aromatic carboxylic acids is 1. The number of carboxylic acids is 1. The van der Waals surface area contributed by atoms with E-state index in [9.17, 15) is 4.79 Å². The molecule has 19 heavy (non-hydrogen) atoms. The first kappa shape index (κ1) is 13.8. The maximum Gasteiger partial charge on any atom is 0.354 e. The van der Waals surface area contributed by atoms with Crippen LogP contribution in [0.4, 0.5) is 5.69 Å². The number of hydrogen-bond donors (Lipinski definition) is 1. The average Bonchev–Trinajstić information content (AvgIpc) is 2.41. The fourth-order valence-electron chi connectivity index (χ4n) is 2.51. The second kappa shape index (κ2) is 6.02. The smallest absolute Gasteiger partial charge is 0.354 e. The zero-order valence-electron chi connectivity index (χ0n) is 11.5. The Morgan fingerprint density at radius 3 is 2.84 bits per heavy atom. The maximum atomic E-state index is 10.9. The standard InChI is InChI=1S/C14H21N3O2/c1-16-7-4-11(5-8-16)10-17(2)12-3-6-15-13(9-12)14(18)19/h3,6,9,11H,4-5,7-8,10H2,1-2H3,(H,18,19). The molecular formula is C14H21N3O2. The normalized spacial score (nSPS) is 17.4. The first-order valence-corrected chi connectivity index (χ1v) is 6.65. The number of pyridine rings is 1. The summed E-state index contributed by atoms with van der Waals surface area (Å²) in [4.78, 5) is 19.2. The number of aromatic nitrogens is 1. The molecule has 2 rings (SSSR count). The minimum Gasteiger partial charge on any atom is -0.477 e. The van der Waals surface area contributed by atoms with Gasteiger partial charge in [0.1, 0.15) is 5.69 Å². The zero-order chi connectivity index (χ0) is 13.8. The zero-order valence-corrected chi connectivity index (χ0v) is 11.5. The van der Waals surface area contributed by atoms with Crippen molar-refractivity contribution in [3.8, 4) is 0 Å². The van der Waals surface area contributed by atoms with Gasteiger partial charge < -0.3 is 14.9 Å². The molecule has 0 aromatic carbocycles. The molecule has 0 amide bonds. The van der Waals surface area contributed by atoms with Crippen molar-refractivity contribution in [2.45, 2.75) is 12.8 Å². The number of likely N-dealkylation sites (tertiary alicyclic amines) is 1. The summed E-state index contributed by atoms with van der Waals surface area (Å²) in [5.74, 6) is -0.294. The van der Waals surface area contributed by atoms with Crippen LogP contribution in [-0.4, -0.2) is 54.7 Å². The molecule has 0 unspecified atom stereocenters. The van der Waals surface area contributed by atoms with E-state index in [1.165, 1.54) is 12.8 Å². The molecule has 1 aromatic rings. The maximum absolute atomic E-state index is 10.9. The summed E-state index contributed by atoms with van der Waals surface area (Å²) in [6.07, 6.45) is 3.97. The van der Waals surface area contributed by atoms with E-state index in [-0.39, 0.29) is 5.69 Å². The highest BCUT2D eigenvalue weighted by Gasteiger charge is 2.18. The number of rotatable bonds is 4. The van der Waals surface area contributed by atoms with E-state index in [1.807, 2.05) is 13.1 Å². The van der Waals surface area contributed by atoms with Crippen LogP contribution in [-0.2, 0) is 0 Å². The van der Waals surface area contributed by atoms with Gasteiger partial charge in [0.15, 0.2) is 0 Å². The van der Waals surface area contributed by atoms with Crippen molar-refractivity contribution in [3.05, 3.63) is 24.0 Å².